The lowest BCUT2D eigenvalue weighted by Crippen LogP contribution is -2.37. The molecule has 140 valence electrons. The Hall–Kier alpha value is -2.90. The van der Waals surface area contributed by atoms with Gasteiger partial charge in [0.05, 0.1) is 6.54 Å². The molecule has 0 heterocycles. The number of hydrogen-bond acceptors (Lipinski definition) is 3. The molecule has 0 unspecified atom stereocenters. The molecule has 0 aliphatic rings. The number of nitrogens with zero attached hydrogens (tertiary/aromatic N) is 1. The van der Waals surface area contributed by atoms with Crippen LogP contribution in [-0.4, -0.2) is 24.0 Å². The van der Waals surface area contributed by atoms with Crippen LogP contribution in [0.4, 0.5) is 13.2 Å². The van der Waals surface area contributed by atoms with Crippen LogP contribution >= 0.6 is 0 Å². The van der Waals surface area contributed by atoms with Gasteiger partial charge in [-0.05, 0) is 30.7 Å². The largest absolute Gasteiger partial charge is 0.573 e. The number of ether oxygens (including phenoxy) is 1. The van der Waals surface area contributed by atoms with Gasteiger partial charge in [-0.2, -0.15) is 0 Å². The second-order valence-electron chi connectivity index (χ2n) is 5.37. The Morgan fingerprint density at radius 3 is 2.58 bits per heavy atom. The summed E-state index contributed by atoms with van der Waals surface area (Å²) in [6.07, 6.45) is -4.75. The number of alkyl halides is 3. The zero-order valence-electron chi connectivity index (χ0n) is 14.2. The van der Waals surface area contributed by atoms with Crippen LogP contribution in [0, 0.1) is 0 Å². The molecule has 0 fully saturated rings. The number of nitrogens with one attached hydrogen (secondary N) is 2. The van der Waals surface area contributed by atoms with Gasteiger partial charge in [-0.1, -0.05) is 30.3 Å². The van der Waals surface area contributed by atoms with E-state index in [9.17, 15) is 18.3 Å². The number of benzene rings is 2. The Labute approximate surface area is 149 Å². The number of para-hydroxylation sites is 1. The van der Waals surface area contributed by atoms with E-state index in [0.29, 0.717) is 24.6 Å². The number of phenols is 1. The molecular formula is C18H20F3N3O2. The molecule has 0 radical (unpaired) electrons. The van der Waals surface area contributed by atoms with Crippen molar-refractivity contribution in [3.8, 4) is 11.5 Å². The lowest BCUT2D eigenvalue weighted by Gasteiger charge is -2.15. The molecule has 26 heavy (non-hydrogen) atoms. The van der Waals surface area contributed by atoms with Gasteiger partial charge in [0.15, 0.2) is 5.96 Å². The third-order valence-electron chi connectivity index (χ3n) is 3.32. The van der Waals surface area contributed by atoms with Crippen LogP contribution in [-0.2, 0) is 13.1 Å². The summed E-state index contributed by atoms with van der Waals surface area (Å²) in [7, 11) is 0. The highest BCUT2D eigenvalue weighted by Gasteiger charge is 2.31. The fraction of sp³-hybridized carbons (Fsp3) is 0.278. The van der Waals surface area contributed by atoms with Crippen LogP contribution in [0.15, 0.2) is 53.5 Å². The number of hydrogen-bond donors (Lipinski definition) is 3. The molecular weight excluding hydrogens is 347 g/mol. The lowest BCUT2D eigenvalue weighted by atomic mass is 10.2. The van der Waals surface area contributed by atoms with Gasteiger partial charge < -0.3 is 20.5 Å². The van der Waals surface area contributed by atoms with E-state index in [1.807, 2.05) is 13.0 Å². The summed E-state index contributed by atoms with van der Waals surface area (Å²) in [5.74, 6) is 0.336. The second kappa shape index (κ2) is 8.98. The second-order valence-corrected chi connectivity index (χ2v) is 5.37. The number of aliphatic imine (C=N–C) groups is 1. The van der Waals surface area contributed by atoms with E-state index in [-0.39, 0.29) is 18.0 Å². The summed E-state index contributed by atoms with van der Waals surface area (Å²) >= 11 is 0. The van der Waals surface area contributed by atoms with Gasteiger partial charge >= 0.3 is 6.36 Å². The summed E-state index contributed by atoms with van der Waals surface area (Å²) in [6.45, 7) is 2.89. The molecule has 0 spiro atoms. The standard InChI is InChI=1S/C18H20F3N3O2/c1-2-22-17(23-11-13-6-5-8-15(25)10-13)24-12-14-7-3-4-9-16(14)26-18(19,20)21/h3-10,25H,2,11-12H2,1H3,(H2,22,23,24). The van der Waals surface area contributed by atoms with Crippen molar-refractivity contribution in [1.82, 2.24) is 10.6 Å². The molecule has 2 aromatic carbocycles. The zero-order chi connectivity index (χ0) is 19.0. The average molecular weight is 367 g/mol. The maximum Gasteiger partial charge on any atom is 0.573 e. The predicted molar refractivity (Wildman–Crippen MR) is 92.9 cm³/mol. The molecule has 8 heteroatoms. The lowest BCUT2D eigenvalue weighted by molar-refractivity contribution is -0.274. The van der Waals surface area contributed by atoms with Crippen molar-refractivity contribution < 1.29 is 23.0 Å². The molecule has 0 aliphatic heterocycles. The smallest absolute Gasteiger partial charge is 0.508 e. The van der Waals surface area contributed by atoms with E-state index in [4.69, 9.17) is 0 Å². The maximum absolute atomic E-state index is 12.5. The van der Waals surface area contributed by atoms with Gasteiger partial charge in [-0.15, -0.1) is 13.2 Å². The highest BCUT2D eigenvalue weighted by Crippen LogP contribution is 2.26. The summed E-state index contributed by atoms with van der Waals surface area (Å²) in [4.78, 5) is 4.36. The minimum absolute atomic E-state index is 0.109. The van der Waals surface area contributed by atoms with Crippen molar-refractivity contribution >= 4 is 5.96 Å². The molecule has 5 nitrogen and oxygen atoms in total. The monoisotopic (exact) mass is 367 g/mol. The molecule has 0 amide bonds. The van der Waals surface area contributed by atoms with Crippen molar-refractivity contribution in [2.75, 3.05) is 6.54 Å². The van der Waals surface area contributed by atoms with Crippen LogP contribution in [0.1, 0.15) is 18.1 Å². The van der Waals surface area contributed by atoms with Gasteiger partial charge in [-0.3, -0.25) is 0 Å². The Kier molecular flexibility index (Phi) is 6.71. The first-order valence-corrected chi connectivity index (χ1v) is 8.01. The van der Waals surface area contributed by atoms with Crippen LogP contribution in [0.25, 0.3) is 0 Å². The minimum atomic E-state index is -4.75. The molecule has 0 atom stereocenters. The first kappa shape index (κ1) is 19.4. The van der Waals surface area contributed by atoms with Crippen molar-refractivity contribution in [1.29, 1.82) is 0 Å². The van der Waals surface area contributed by atoms with Gasteiger partial charge in [0.1, 0.15) is 11.5 Å². The van der Waals surface area contributed by atoms with E-state index in [2.05, 4.69) is 20.4 Å². The summed E-state index contributed by atoms with van der Waals surface area (Å²) < 4.78 is 41.5. The van der Waals surface area contributed by atoms with Crippen LogP contribution in [0.5, 0.6) is 11.5 Å². The molecule has 0 bridgehead atoms. The number of phenolic OH excluding ortho intramolecular Hbond substituents is 1. The van der Waals surface area contributed by atoms with E-state index in [1.165, 1.54) is 12.1 Å². The third-order valence-corrected chi connectivity index (χ3v) is 3.32. The molecule has 0 saturated heterocycles. The normalized spacial score (nSPS) is 11.9. The summed E-state index contributed by atoms with van der Waals surface area (Å²) in [5, 5.41) is 15.5. The predicted octanol–water partition coefficient (Wildman–Crippen LogP) is 3.55. The molecule has 0 aliphatic carbocycles. The fourth-order valence-corrected chi connectivity index (χ4v) is 2.22. The molecule has 0 saturated carbocycles. The average Bonchev–Trinajstić information content (AvgIpc) is 2.57. The molecule has 0 aromatic heterocycles. The number of rotatable bonds is 6. The van der Waals surface area contributed by atoms with Crippen LogP contribution < -0.4 is 15.4 Å². The van der Waals surface area contributed by atoms with E-state index in [1.54, 1.807) is 30.3 Å². The van der Waals surface area contributed by atoms with Crippen molar-refractivity contribution in [2.24, 2.45) is 4.99 Å². The first-order valence-electron chi connectivity index (χ1n) is 8.01. The molecule has 2 aromatic rings. The molecule has 3 N–H and O–H groups in total. The Morgan fingerprint density at radius 1 is 1.12 bits per heavy atom. The van der Waals surface area contributed by atoms with Crippen LogP contribution in [0.2, 0.25) is 0 Å². The van der Waals surface area contributed by atoms with Gasteiger partial charge in [0, 0.05) is 18.7 Å². The maximum atomic E-state index is 12.5. The highest BCUT2D eigenvalue weighted by molar-refractivity contribution is 5.79. The van der Waals surface area contributed by atoms with Crippen molar-refractivity contribution in [2.45, 2.75) is 26.4 Å². The quantitative estimate of drug-likeness (QED) is 0.540. The van der Waals surface area contributed by atoms with E-state index >= 15 is 0 Å². The summed E-state index contributed by atoms with van der Waals surface area (Å²) in [6, 6.07) is 12.6. The third kappa shape index (κ3) is 6.54. The Morgan fingerprint density at radius 2 is 1.88 bits per heavy atom. The molecule has 2 rings (SSSR count). The Bertz CT molecular complexity index is 748. The van der Waals surface area contributed by atoms with Gasteiger partial charge in [0.2, 0.25) is 0 Å². The SMILES string of the molecule is CCNC(=NCc1cccc(O)c1)NCc1ccccc1OC(F)(F)F. The zero-order valence-corrected chi connectivity index (χ0v) is 14.2. The first-order chi connectivity index (χ1) is 12.4. The fourth-order valence-electron chi connectivity index (χ4n) is 2.22. The van der Waals surface area contributed by atoms with Crippen molar-refractivity contribution in [3.63, 3.8) is 0 Å². The van der Waals surface area contributed by atoms with E-state index < -0.39 is 6.36 Å². The van der Waals surface area contributed by atoms with Gasteiger partial charge in [0.25, 0.3) is 0 Å². The van der Waals surface area contributed by atoms with Crippen LogP contribution in [0.3, 0.4) is 0 Å². The highest BCUT2D eigenvalue weighted by atomic mass is 19.4. The number of guanidine groups is 1. The van der Waals surface area contributed by atoms with Crippen molar-refractivity contribution in [3.05, 3.63) is 59.7 Å². The summed E-state index contributed by atoms with van der Waals surface area (Å²) in [5.41, 5.74) is 1.16. The number of halogens is 3. The van der Waals surface area contributed by atoms with Gasteiger partial charge in [-0.25, -0.2) is 4.99 Å². The number of aromatic hydroxyl groups is 1. The minimum Gasteiger partial charge on any atom is -0.508 e. The van der Waals surface area contributed by atoms with E-state index in [0.717, 1.165) is 5.56 Å². The topological polar surface area (TPSA) is 65.9 Å². The Balaban J connectivity index is 2.05.